The molecule has 1 aromatic carbocycles. The first-order chi connectivity index (χ1) is 9.56. The first-order valence-corrected chi connectivity index (χ1v) is 6.67. The van der Waals surface area contributed by atoms with Crippen LogP contribution in [0.3, 0.4) is 0 Å². The van der Waals surface area contributed by atoms with Gasteiger partial charge in [0, 0.05) is 11.3 Å². The smallest absolute Gasteiger partial charge is 0.248 e. The molecule has 0 bridgehead atoms. The van der Waals surface area contributed by atoms with Gasteiger partial charge in [-0.2, -0.15) is 5.10 Å². The summed E-state index contributed by atoms with van der Waals surface area (Å²) in [5, 5.41) is 9.38. The Morgan fingerprint density at radius 1 is 1.35 bits per heavy atom. The lowest BCUT2D eigenvalue weighted by atomic mass is 10.2. The minimum atomic E-state index is -0.503. The number of amides is 2. The molecule has 4 N–H and O–H groups in total. The number of primary amides is 1. The van der Waals surface area contributed by atoms with Gasteiger partial charge in [-0.15, -0.1) is 0 Å². The van der Waals surface area contributed by atoms with Gasteiger partial charge in [0.05, 0.1) is 5.25 Å². The fraction of sp³-hybridized carbons (Fsp3) is 0.167. The lowest BCUT2D eigenvalue weighted by Crippen LogP contribution is -2.22. The molecule has 0 spiro atoms. The number of benzene rings is 1. The summed E-state index contributed by atoms with van der Waals surface area (Å²) in [5.41, 5.74) is 6.14. The van der Waals surface area contributed by atoms with E-state index < -0.39 is 5.91 Å². The zero-order valence-electron chi connectivity index (χ0n) is 10.7. The van der Waals surface area contributed by atoms with Crippen LogP contribution < -0.4 is 11.1 Å². The second kappa shape index (κ2) is 6.20. The Labute approximate surface area is 119 Å². The summed E-state index contributed by atoms with van der Waals surface area (Å²) in [4.78, 5) is 26.8. The molecule has 20 heavy (non-hydrogen) atoms. The van der Waals surface area contributed by atoms with Crippen molar-refractivity contribution in [3.63, 3.8) is 0 Å². The highest BCUT2D eigenvalue weighted by Crippen LogP contribution is 2.19. The maximum atomic E-state index is 12.0. The number of thioether (sulfide) groups is 1. The second-order valence-corrected chi connectivity index (χ2v) is 5.31. The van der Waals surface area contributed by atoms with Gasteiger partial charge in [-0.25, -0.2) is 4.98 Å². The molecular weight excluding hydrogens is 278 g/mol. The normalized spacial score (nSPS) is 11.8. The monoisotopic (exact) mass is 291 g/mol. The number of rotatable bonds is 5. The molecule has 2 amide bonds. The third-order valence-corrected chi connectivity index (χ3v) is 3.48. The van der Waals surface area contributed by atoms with E-state index in [1.807, 2.05) is 0 Å². The number of hydrogen-bond acceptors (Lipinski definition) is 5. The number of anilines is 1. The van der Waals surface area contributed by atoms with E-state index in [2.05, 4.69) is 20.5 Å². The van der Waals surface area contributed by atoms with Gasteiger partial charge in [0.2, 0.25) is 11.8 Å². The van der Waals surface area contributed by atoms with Gasteiger partial charge >= 0.3 is 0 Å². The summed E-state index contributed by atoms with van der Waals surface area (Å²) in [7, 11) is 0. The van der Waals surface area contributed by atoms with Gasteiger partial charge in [0.25, 0.3) is 0 Å². The van der Waals surface area contributed by atoms with Crippen molar-refractivity contribution in [3.05, 3.63) is 36.2 Å². The number of nitrogens with zero attached hydrogens (tertiary/aromatic N) is 2. The molecule has 8 heteroatoms. The van der Waals surface area contributed by atoms with E-state index in [-0.39, 0.29) is 11.2 Å². The second-order valence-electron chi connectivity index (χ2n) is 3.98. The Hall–Kier alpha value is -2.35. The predicted octanol–water partition coefficient (Wildman–Crippen LogP) is 1.02. The quantitative estimate of drug-likeness (QED) is 0.712. The number of H-pyrrole nitrogens is 1. The highest BCUT2D eigenvalue weighted by atomic mass is 32.2. The third kappa shape index (κ3) is 3.58. The Bertz CT molecular complexity index is 597. The molecule has 104 valence electrons. The van der Waals surface area contributed by atoms with E-state index >= 15 is 0 Å². The average Bonchev–Trinajstić information content (AvgIpc) is 2.92. The standard InChI is InChI=1S/C12H13N5O2S/c1-7(20-12-14-6-15-17-12)11(19)16-9-4-2-8(3-5-9)10(13)18/h2-7H,1H3,(H2,13,18)(H,16,19)(H,14,15,17)/t7-/m0/s1. The lowest BCUT2D eigenvalue weighted by Gasteiger charge is -2.10. The first-order valence-electron chi connectivity index (χ1n) is 5.79. The largest absolute Gasteiger partial charge is 0.366 e. The van der Waals surface area contributed by atoms with Gasteiger partial charge in [-0.05, 0) is 31.2 Å². The number of aromatic nitrogens is 3. The molecule has 1 aromatic heterocycles. The number of carbonyl (C=O) groups is 2. The van der Waals surface area contributed by atoms with Gasteiger partial charge in [-0.3, -0.25) is 14.7 Å². The number of aromatic amines is 1. The SMILES string of the molecule is C[C@H](Sc1ncn[nH]1)C(=O)Nc1ccc(C(N)=O)cc1. The summed E-state index contributed by atoms with van der Waals surface area (Å²) in [5.74, 6) is -0.671. The molecular formula is C12H13N5O2S. The molecule has 0 aliphatic heterocycles. The van der Waals surface area contributed by atoms with Crippen molar-refractivity contribution in [2.45, 2.75) is 17.3 Å². The molecule has 2 aromatic rings. The van der Waals surface area contributed by atoms with E-state index in [0.29, 0.717) is 16.4 Å². The van der Waals surface area contributed by atoms with Gasteiger partial charge in [-0.1, -0.05) is 11.8 Å². The van der Waals surface area contributed by atoms with Crippen LogP contribution in [0.4, 0.5) is 5.69 Å². The van der Waals surface area contributed by atoms with Crippen molar-refractivity contribution in [2.24, 2.45) is 5.73 Å². The third-order valence-electron chi connectivity index (χ3n) is 2.49. The highest BCUT2D eigenvalue weighted by Gasteiger charge is 2.16. The van der Waals surface area contributed by atoms with Gasteiger partial charge < -0.3 is 11.1 Å². The number of nitrogens with two attached hydrogens (primary N) is 1. The Morgan fingerprint density at radius 2 is 2.05 bits per heavy atom. The van der Waals surface area contributed by atoms with Crippen LogP contribution in [-0.2, 0) is 4.79 Å². The van der Waals surface area contributed by atoms with E-state index in [1.54, 1.807) is 31.2 Å². The van der Waals surface area contributed by atoms with E-state index in [1.165, 1.54) is 18.1 Å². The molecule has 2 rings (SSSR count). The van der Waals surface area contributed by atoms with Crippen LogP contribution in [0.1, 0.15) is 17.3 Å². The molecule has 0 saturated heterocycles. The summed E-state index contributed by atoms with van der Waals surface area (Å²) in [6, 6.07) is 6.38. The Morgan fingerprint density at radius 3 is 2.60 bits per heavy atom. The maximum Gasteiger partial charge on any atom is 0.248 e. The predicted molar refractivity (Wildman–Crippen MR) is 75.3 cm³/mol. The van der Waals surface area contributed by atoms with E-state index in [4.69, 9.17) is 5.73 Å². The summed E-state index contributed by atoms with van der Waals surface area (Å²) < 4.78 is 0. The molecule has 0 aliphatic carbocycles. The van der Waals surface area contributed by atoms with E-state index in [0.717, 1.165) is 0 Å². The van der Waals surface area contributed by atoms with Gasteiger partial charge in [0.1, 0.15) is 6.33 Å². The fourth-order valence-corrected chi connectivity index (χ4v) is 2.15. The van der Waals surface area contributed by atoms with Crippen molar-refractivity contribution in [3.8, 4) is 0 Å². The van der Waals surface area contributed by atoms with E-state index in [9.17, 15) is 9.59 Å². The summed E-state index contributed by atoms with van der Waals surface area (Å²) >= 11 is 1.27. The zero-order chi connectivity index (χ0) is 14.5. The first kappa shape index (κ1) is 14.1. The molecule has 0 fully saturated rings. The zero-order valence-corrected chi connectivity index (χ0v) is 11.5. The van der Waals surface area contributed by atoms with Crippen LogP contribution in [0.25, 0.3) is 0 Å². The lowest BCUT2D eigenvalue weighted by molar-refractivity contribution is -0.115. The topological polar surface area (TPSA) is 114 Å². The van der Waals surface area contributed by atoms with Crippen LogP contribution in [0.15, 0.2) is 35.7 Å². The molecule has 1 heterocycles. The molecule has 0 radical (unpaired) electrons. The number of hydrogen-bond donors (Lipinski definition) is 3. The number of carbonyl (C=O) groups excluding carboxylic acids is 2. The molecule has 0 saturated carbocycles. The number of nitrogens with one attached hydrogen (secondary N) is 2. The fourth-order valence-electron chi connectivity index (χ4n) is 1.43. The summed E-state index contributed by atoms with van der Waals surface area (Å²) in [6.07, 6.45) is 1.38. The van der Waals surface area contributed by atoms with Crippen molar-refractivity contribution < 1.29 is 9.59 Å². The minimum Gasteiger partial charge on any atom is -0.366 e. The Kier molecular flexibility index (Phi) is 4.36. The highest BCUT2D eigenvalue weighted by molar-refractivity contribution is 8.00. The van der Waals surface area contributed by atoms with Crippen molar-refractivity contribution >= 4 is 29.3 Å². The molecule has 0 aliphatic rings. The van der Waals surface area contributed by atoms with Crippen molar-refractivity contribution in [1.82, 2.24) is 15.2 Å². The van der Waals surface area contributed by atoms with Crippen LogP contribution in [0, 0.1) is 0 Å². The van der Waals surface area contributed by atoms with Crippen molar-refractivity contribution in [1.29, 1.82) is 0 Å². The van der Waals surface area contributed by atoms with Crippen LogP contribution >= 0.6 is 11.8 Å². The average molecular weight is 291 g/mol. The van der Waals surface area contributed by atoms with Crippen LogP contribution in [0.5, 0.6) is 0 Å². The molecule has 0 unspecified atom stereocenters. The van der Waals surface area contributed by atoms with Crippen LogP contribution in [0.2, 0.25) is 0 Å². The summed E-state index contributed by atoms with van der Waals surface area (Å²) in [6.45, 7) is 1.76. The van der Waals surface area contributed by atoms with Crippen LogP contribution in [-0.4, -0.2) is 32.2 Å². The van der Waals surface area contributed by atoms with Gasteiger partial charge in [0.15, 0.2) is 5.16 Å². The molecule has 1 atom stereocenters. The maximum absolute atomic E-state index is 12.0. The van der Waals surface area contributed by atoms with Crippen molar-refractivity contribution in [2.75, 3.05) is 5.32 Å². The minimum absolute atomic E-state index is 0.168. The molecule has 7 nitrogen and oxygen atoms in total. The Balaban J connectivity index is 1.95.